The van der Waals surface area contributed by atoms with Crippen LogP contribution in [0.5, 0.6) is 0 Å². The number of carbonyl (C=O) groups is 1. The van der Waals surface area contributed by atoms with Gasteiger partial charge in [0.2, 0.25) is 0 Å². The molecule has 1 heterocycles. The highest BCUT2D eigenvalue weighted by atomic mass is 16.4. The van der Waals surface area contributed by atoms with Crippen LogP contribution in [0, 0.1) is 5.41 Å². The van der Waals surface area contributed by atoms with Crippen molar-refractivity contribution < 1.29 is 15.0 Å². The van der Waals surface area contributed by atoms with E-state index in [1.165, 1.54) is 4.90 Å². The van der Waals surface area contributed by atoms with Gasteiger partial charge < -0.3 is 15.1 Å². The van der Waals surface area contributed by atoms with Crippen molar-refractivity contribution in [3.8, 4) is 0 Å². The maximum Gasteiger partial charge on any atom is 0.407 e. The number of aliphatic hydroxyl groups excluding tert-OH is 1. The number of nitrogens with zero attached hydrogens (tertiary/aromatic N) is 1. The average Bonchev–Trinajstić information content (AvgIpc) is 2.74. The summed E-state index contributed by atoms with van der Waals surface area (Å²) in [6.07, 6.45) is 3.00. The Morgan fingerprint density at radius 3 is 2.69 bits per heavy atom. The van der Waals surface area contributed by atoms with Crippen molar-refractivity contribution in [3.63, 3.8) is 0 Å². The minimum Gasteiger partial charge on any atom is -0.465 e. The maximum absolute atomic E-state index is 10.8. The largest absolute Gasteiger partial charge is 0.465 e. The van der Waals surface area contributed by atoms with E-state index >= 15 is 0 Å². The van der Waals surface area contributed by atoms with Crippen LogP contribution in [0.3, 0.4) is 0 Å². The number of hydrogen-bond acceptors (Lipinski definition) is 2. The second-order valence-corrected chi connectivity index (χ2v) is 4.15. The minimum absolute atomic E-state index is 0.0745. The molecule has 0 aromatic rings. The maximum atomic E-state index is 10.8. The van der Waals surface area contributed by atoms with Gasteiger partial charge in [-0.25, -0.2) is 4.79 Å². The summed E-state index contributed by atoms with van der Waals surface area (Å²) in [7, 11) is 0. The van der Waals surface area contributed by atoms with Crippen LogP contribution in [0.25, 0.3) is 0 Å². The second-order valence-electron chi connectivity index (χ2n) is 4.15. The molecule has 0 aromatic heterocycles. The minimum atomic E-state index is -0.831. The van der Waals surface area contributed by atoms with Crippen LogP contribution in [0.2, 0.25) is 0 Å². The first-order valence-corrected chi connectivity index (χ1v) is 4.80. The molecule has 1 aliphatic carbocycles. The average molecular weight is 185 g/mol. The van der Waals surface area contributed by atoms with Gasteiger partial charge >= 0.3 is 6.09 Å². The van der Waals surface area contributed by atoms with Gasteiger partial charge in [0, 0.05) is 18.0 Å². The van der Waals surface area contributed by atoms with E-state index in [1.807, 2.05) is 0 Å². The Labute approximate surface area is 77.2 Å². The van der Waals surface area contributed by atoms with Crippen molar-refractivity contribution in [2.45, 2.75) is 31.7 Å². The predicted molar refractivity (Wildman–Crippen MR) is 46.5 cm³/mol. The van der Waals surface area contributed by atoms with Crippen molar-refractivity contribution in [2.24, 2.45) is 5.41 Å². The van der Waals surface area contributed by atoms with Gasteiger partial charge in [0.15, 0.2) is 0 Å². The Morgan fingerprint density at radius 2 is 2.23 bits per heavy atom. The highest BCUT2D eigenvalue weighted by molar-refractivity contribution is 5.66. The molecule has 2 fully saturated rings. The summed E-state index contributed by atoms with van der Waals surface area (Å²) in [5, 5.41) is 18.1. The van der Waals surface area contributed by atoms with Crippen molar-refractivity contribution in [1.82, 2.24) is 4.90 Å². The summed E-state index contributed by atoms with van der Waals surface area (Å²) in [6, 6.07) is 0.0787. The summed E-state index contributed by atoms with van der Waals surface area (Å²) >= 11 is 0. The fourth-order valence-corrected chi connectivity index (χ4v) is 2.39. The van der Waals surface area contributed by atoms with Gasteiger partial charge in [-0.2, -0.15) is 0 Å². The summed E-state index contributed by atoms with van der Waals surface area (Å²) in [5.41, 5.74) is -0.0745. The van der Waals surface area contributed by atoms with Crippen molar-refractivity contribution >= 4 is 6.09 Å². The van der Waals surface area contributed by atoms with Crippen molar-refractivity contribution in [1.29, 1.82) is 0 Å². The third-order valence-electron chi connectivity index (χ3n) is 3.41. The molecule has 1 aliphatic heterocycles. The Kier molecular flexibility index (Phi) is 1.95. The summed E-state index contributed by atoms with van der Waals surface area (Å²) in [4.78, 5) is 12.3. The number of rotatable bonds is 2. The van der Waals surface area contributed by atoms with Gasteiger partial charge in [0.25, 0.3) is 0 Å². The SMILES string of the molecule is O=C(O)N1CCC[C@@H]1C1(CO)CC1. The molecule has 1 amide bonds. The lowest BCUT2D eigenvalue weighted by Gasteiger charge is -2.28. The fraction of sp³-hybridized carbons (Fsp3) is 0.889. The van der Waals surface area contributed by atoms with Crippen LogP contribution in [0.1, 0.15) is 25.7 Å². The molecule has 13 heavy (non-hydrogen) atoms. The van der Waals surface area contributed by atoms with E-state index in [0.29, 0.717) is 6.54 Å². The third-order valence-corrected chi connectivity index (χ3v) is 3.41. The third kappa shape index (κ3) is 1.29. The molecular weight excluding hydrogens is 170 g/mol. The first kappa shape index (κ1) is 8.81. The molecule has 2 N–H and O–H groups in total. The molecule has 4 nitrogen and oxygen atoms in total. The van der Waals surface area contributed by atoms with Gasteiger partial charge in [-0.05, 0) is 25.7 Å². The molecule has 0 radical (unpaired) electrons. The summed E-state index contributed by atoms with van der Waals surface area (Å²) in [6.45, 7) is 0.781. The van der Waals surface area contributed by atoms with E-state index in [0.717, 1.165) is 25.7 Å². The summed E-state index contributed by atoms with van der Waals surface area (Å²) in [5.74, 6) is 0. The number of hydrogen-bond donors (Lipinski definition) is 2. The van der Waals surface area contributed by atoms with Crippen LogP contribution < -0.4 is 0 Å². The molecule has 1 saturated heterocycles. The van der Waals surface area contributed by atoms with E-state index in [2.05, 4.69) is 0 Å². The lowest BCUT2D eigenvalue weighted by molar-refractivity contribution is 0.0942. The van der Waals surface area contributed by atoms with Crippen molar-refractivity contribution in [2.75, 3.05) is 13.2 Å². The van der Waals surface area contributed by atoms with Gasteiger partial charge in [0.1, 0.15) is 0 Å². The van der Waals surface area contributed by atoms with Crippen molar-refractivity contribution in [3.05, 3.63) is 0 Å². The standard InChI is InChI=1S/C9H15NO3/c11-6-9(3-4-9)7-2-1-5-10(7)8(12)13/h7,11H,1-6H2,(H,12,13)/t7-/m1/s1. The zero-order chi connectivity index (χ0) is 9.47. The fourth-order valence-electron chi connectivity index (χ4n) is 2.39. The lowest BCUT2D eigenvalue weighted by Crippen LogP contribution is -2.41. The number of aliphatic hydroxyl groups is 1. The molecular formula is C9H15NO3. The van der Waals surface area contributed by atoms with Gasteiger partial charge in [-0.15, -0.1) is 0 Å². The molecule has 4 heteroatoms. The number of likely N-dealkylation sites (tertiary alicyclic amines) is 1. The monoisotopic (exact) mass is 185 g/mol. The van der Waals surface area contributed by atoms with Crippen LogP contribution >= 0.6 is 0 Å². The molecule has 1 saturated carbocycles. The quantitative estimate of drug-likeness (QED) is 0.672. The molecule has 0 unspecified atom stereocenters. The first-order valence-electron chi connectivity index (χ1n) is 4.80. The van der Waals surface area contributed by atoms with Gasteiger partial charge in [-0.3, -0.25) is 0 Å². The highest BCUT2D eigenvalue weighted by Gasteiger charge is 2.53. The normalized spacial score (nSPS) is 30.5. The molecule has 0 spiro atoms. The Balaban J connectivity index is 2.09. The van der Waals surface area contributed by atoms with E-state index < -0.39 is 6.09 Å². The van der Waals surface area contributed by atoms with E-state index in [-0.39, 0.29) is 18.1 Å². The molecule has 2 aliphatic rings. The lowest BCUT2D eigenvalue weighted by atomic mass is 9.95. The predicted octanol–water partition coefficient (Wildman–Crippen LogP) is 0.901. The summed E-state index contributed by atoms with van der Waals surface area (Å²) < 4.78 is 0. The van der Waals surface area contributed by atoms with Crippen LogP contribution in [-0.4, -0.2) is 40.4 Å². The Morgan fingerprint density at radius 1 is 1.54 bits per heavy atom. The second kappa shape index (κ2) is 2.87. The molecule has 1 atom stereocenters. The molecule has 0 bridgehead atoms. The van der Waals surface area contributed by atoms with E-state index in [1.54, 1.807) is 0 Å². The van der Waals surface area contributed by atoms with Gasteiger partial charge in [-0.1, -0.05) is 0 Å². The highest BCUT2D eigenvalue weighted by Crippen LogP contribution is 2.52. The number of carboxylic acid groups (broad SMARTS) is 1. The zero-order valence-corrected chi connectivity index (χ0v) is 7.57. The molecule has 74 valence electrons. The van der Waals surface area contributed by atoms with E-state index in [4.69, 9.17) is 5.11 Å². The Bertz CT molecular complexity index is 225. The topological polar surface area (TPSA) is 60.8 Å². The van der Waals surface area contributed by atoms with E-state index in [9.17, 15) is 9.90 Å². The van der Waals surface area contributed by atoms with Gasteiger partial charge in [0.05, 0.1) is 6.61 Å². The zero-order valence-electron chi connectivity index (χ0n) is 7.57. The molecule has 0 aromatic carbocycles. The van der Waals surface area contributed by atoms with Crippen LogP contribution in [-0.2, 0) is 0 Å². The number of amides is 1. The van der Waals surface area contributed by atoms with Crippen LogP contribution in [0.4, 0.5) is 4.79 Å². The first-order chi connectivity index (χ1) is 6.19. The Hall–Kier alpha value is -0.770. The van der Waals surface area contributed by atoms with Crippen LogP contribution in [0.15, 0.2) is 0 Å². The smallest absolute Gasteiger partial charge is 0.407 e. The molecule has 2 rings (SSSR count).